The topological polar surface area (TPSA) is 49.7 Å². The predicted octanol–water partition coefficient (Wildman–Crippen LogP) is 14.6. The molecule has 0 spiro atoms. The van der Waals surface area contributed by atoms with E-state index in [2.05, 4.69) is 137 Å². The fourth-order valence-corrected chi connectivity index (χ4v) is 9.92. The summed E-state index contributed by atoms with van der Waals surface area (Å²) in [5.41, 5.74) is 8.35. The molecule has 2 aromatic heterocycles. The van der Waals surface area contributed by atoms with Crippen LogP contribution in [-0.2, 0) is 0 Å². The van der Waals surface area contributed by atoms with Crippen LogP contribution in [0.3, 0.4) is 0 Å². The number of methoxy groups -OCH3 is 1. The minimum Gasteiger partial charge on any atom is -0.497 e. The van der Waals surface area contributed by atoms with E-state index in [0.717, 1.165) is 26.9 Å². The molecule has 7 heteroatoms. The third kappa shape index (κ3) is 9.52. The predicted molar refractivity (Wildman–Crippen MR) is 262 cm³/mol. The monoisotopic (exact) mass is 870 g/mol. The van der Waals surface area contributed by atoms with Crippen molar-refractivity contribution in [3.05, 3.63) is 192 Å². The van der Waals surface area contributed by atoms with E-state index in [9.17, 15) is 10.0 Å². The average Bonchev–Trinajstić information content (AvgIpc) is 3.85. The lowest BCUT2D eigenvalue weighted by Gasteiger charge is -2.12. The van der Waals surface area contributed by atoms with Crippen LogP contribution in [0.25, 0.3) is 73.7 Å². The quantitative estimate of drug-likeness (QED) is 0.169. The highest BCUT2D eigenvalue weighted by Gasteiger charge is 2.17. The summed E-state index contributed by atoms with van der Waals surface area (Å²) in [5, 5.41) is 24.0. The molecule has 0 unspecified atom stereocenters. The average molecular weight is 872 g/mol. The van der Waals surface area contributed by atoms with Gasteiger partial charge in [-0.15, -0.1) is 22.7 Å². The van der Waals surface area contributed by atoms with Crippen molar-refractivity contribution in [1.29, 1.82) is 0 Å². The smallest absolute Gasteiger partial charge is 0.489 e. The van der Waals surface area contributed by atoms with Gasteiger partial charge in [-0.05, 0) is 88.2 Å². The van der Waals surface area contributed by atoms with E-state index in [4.69, 9.17) is 4.74 Å². The number of fused-ring (bicyclic) bond motifs is 6. The Balaban J connectivity index is 0.000000141. The second kappa shape index (κ2) is 19.5. The normalized spacial score (nSPS) is 10.6. The maximum atomic E-state index is 9.31. The Labute approximate surface area is 363 Å². The molecular weight excluding hydrogens is 827 g/mol. The molecular formula is C52H44BBrO3S2. The second-order valence-corrected chi connectivity index (χ2v) is 16.7. The first kappa shape index (κ1) is 41.6. The molecule has 0 saturated carbocycles. The summed E-state index contributed by atoms with van der Waals surface area (Å²) in [7, 11) is 0.281. The first-order valence-electron chi connectivity index (χ1n) is 19.6. The third-order valence-electron chi connectivity index (χ3n) is 9.91. The molecule has 10 aromatic rings. The van der Waals surface area contributed by atoms with Gasteiger partial charge in [-0.25, -0.2) is 0 Å². The van der Waals surface area contributed by atoms with Crippen LogP contribution in [0.4, 0.5) is 0 Å². The molecule has 3 nitrogen and oxygen atoms in total. The Bertz CT molecular complexity index is 2960. The number of thiophene rings is 2. The van der Waals surface area contributed by atoms with Crippen LogP contribution >= 0.6 is 38.6 Å². The minimum absolute atomic E-state index is 0.539. The maximum Gasteiger partial charge on any atom is 0.489 e. The molecule has 0 amide bonds. The van der Waals surface area contributed by atoms with E-state index in [1.54, 1.807) is 13.2 Å². The third-order valence-corrected chi connectivity index (χ3v) is 12.7. The van der Waals surface area contributed by atoms with Gasteiger partial charge in [0, 0.05) is 44.8 Å². The van der Waals surface area contributed by atoms with Crippen molar-refractivity contribution >= 4 is 91.5 Å². The van der Waals surface area contributed by atoms with Gasteiger partial charge in [0.2, 0.25) is 0 Å². The van der Waals surface area contributed by atoms with Gasteiger partial charge in [0.25, 0.3) is 0 Å². The van der Waals surface area contributed by atoms with Crippen molar-refractivity contribution in [3.8, 4) is 39.1 Å². The van der Waals surface area contributed by atoms with Crippen molar-refractivity contribution in [2.24, 2.45) is 0 Å². The molecule has 0 atom stereocenters. The standard InChI is InChI=1S/C25H18OS.C13H13BO2.C12H7BrS.C2H6/c1-26-19-12-14-20(23(16-19)17-7-3-2-4-8-17)18-11-13-22-21-9-5-6-10-24(21)27-25(22)15-18;1-10-7-8-13(14(15)16)12(9-10)11-5-3-2-4-6-11;13-8-5-6-10-9-3-1-2-4-11(9)14-12(10)7-8;1-2/h2-16H,1H3;2-9,15-16H,1H3;1-7H;1-2H3. The molecule has 0 aliphatic rings. The van der Waals surface area contributed by atoms with Gasteiger partial charge in [-0.3, -0.25) is 0 Å². The Hall–Kier alpha value is -5.54. The molecule has 0 fully saturated rings. The molecule has 292 valence electrons. The van der Waals surface area contributed by atoms with Gasteiger partial charge in [0.05, 0.1) is 7.11 Å². The van der Waals surface area contributed by atoms with Gasteiger partial charge in [0.15, 0.2) is 0 Å². The first-order chi connectivity index (χ1) is 28.9. The van der Waals surface area contributed by atoms with E-state index < -0.39 is 7.12 Å². The van der Waals surface area contributed by atoms with Gasteiger partial charge in [-0.2, -0.15) is 0 Å². The zero-order valence-corrected chi connectivity index (χ0v) is 36.6. The summed E-state index contributed by atoms with van der Waals surface area (Å²) in [6, 6.07) is 62.6. The molecule has 0 aliphatic heterocycles. The van der Waals surface area contributed by atoms with Crippen molar-refractivity contribution in [2.45, 2.75) is 20.8 Å². The number of rotatable bonds is 5. The highest BCUT2D eigenvalue weighted by atomic mass is 79.9. The largest absolute Gasteiger partial charge is 0.497 e. The molecule has 0 aliphatic carbocycles. The molecule has 2 N–H and O–H groups in total. The van der Waals surface area contributed by atoms with Crippen LogP contribution in [0, 0.1) is 6.92 Å². The summed E-state index contributed by atoms with van der Waals surface area (Å²) in [5.74, 6) is 0.876. The second-order valence-electron chi connectivity index (χ2n) is 13.7. The van der Waals surface area contributed by atoms with Crippen LogP contribution in [0.2, 0.25) is 0 Å². The molecule has 59 heavy (non-hydrogen) atoms. The summed E-state index contributed by atoms with van der Waals surface area (Å²) < 4.78 is 12.0. The lowest BCUT2D eigenvalue weighted by molar-refractivity contribution is 0.415. The van der Waals surface area contributed by atoms with Crippen molar-refractivity contribution in [2.75, 3.05) is 7.11 Å². The lowest BCUT2D eigenvalue weighted by Crippen LogP contribution is -2.31. The fourth-order valence-electron chi connectivity index (χ4n) is 7.11. The van der Waals surface area contributed by atoms with Gasteiger partial charge >= 0.3 is 7.12 Å². The highest BCUT2D eigenvalue weighted by Crippen LogP contribution is 2.40. The van der Waals surface area contributed by atoms with E-state index in [0.29, 0.717) is 5.46 Å². The molecule has 2 heterocycles. The lowest BCUT2D eigenvalue weighted by atomic mass is 9.75. The van der Waals surface area contributed by atoms with Crippen LogP contribution < -0.4 is 10.2 Å². The molecule has 10 rings (SSSR count). The van der Waals surface area contributed by atoms with E-state index in [-0.39, 0.29) is 0 Å². The summed E-state index contributed by atoms with van der Waals surface area (Å²) in [6.45, 7) is 5.99. The van der Waals surface area contributed by atoms with Crippen LogP contribution in [0.15, 0.2) is 186 Å². The van der Waals surface area contributed by atoms with Crippen LogP contribution in [-0.4, -0.2) is 24.3 Å². The number of halogens is 1. The van der Waals surface area contributed by atoms with Gasteiger partial charge in [0.1, 0.15) is 5.75 Å². The molecule has 0 bridgehead atoms. The fraction of sp³-hybridized carbons (Fsp3) is 0.0769. The van der Waals surface area contributed by atoms with Crippen molar-refractivity contribution in [3.63, 3.8) is 0 Å². The van der Waals surface area contributed by atoms with Crippen molar-refractivity contribution < 1.29 is 14.8 Å². The number of ether oxygens (including phenoxy) is 1. The van der Waals surface area contributed by atoms with Crippen LogP contribution in [0.5, 0.6) is 5.75 Å². The van der Waals surface area contributed by atoms with Crippen molar-refractivity contribution in [1.82, 2.24) is 0 Å². The number of hydrogen-bond acceptors (Lipinski definition) is 5. The minimum atomic E-state index is -1.43. The molecule has 0 radical (unpaired) electrons. The Morgan fingerprint density at radius 2 is 0.983 bits per heavy atom. The highest BCUT2D eigenvalue weighted by molar-refractivity contribution is 9.10. The summed E-state index contributed by atoms with van der Waals surface area (Å²) in [6.07, 6.45) is 0. The Kier molecular flexibility index (Phi) is 13.7. The van der Waals surface area contributed by atoms with Gasteiger partial charge < -0.3 is 14.8 Å². The maximum absolute atomic E-state index is 9.31. The molecule has 0 saturated heterocycles. The Morgan fingerprint density at radius 3 is 1.58 bits per heavy atom. The zero-order chi connectivity index (χ0) is 41.3. The zero-order valence-electron chi connectivity index (χ0n) is 33.4. The van der Waals surface area contributed by atoms with Crippen LogP contribution in [0.1, 0.15) is 19.4 Å². The van der Waals surface area contributed by atoms with E-state index >= 15 is 0 Å². The number of hydrogen-bond donors (Lipinski definition) is 2. The first-order valence-corrected chi connectivity index (χ1v) is 22.0. The van der Waals surface area contributed by atoms with E-state index in [1.807, 2.05) is 98.0 Å². The summed E-state index contributed by atoms with van der Waals surface area (Å²) in [4.78, 5) is 0. The molecule has 8 aromatic carbocycles. The number of benzene rings is 8. The Morgan fingerprint density at radius 1 is 0.458 bits per heavy atom. The SMILES string of the molecule is Brc1ccc2c(c1)sc1ccccc12.CC.COc1ccc(-c2ccc3c(c2)sc2ccccc23)c(-c2ccccc2)c1.Cc1ccc(B(O)O)c(-c2ccccc2)c1. The van der Waals surface area contributed by atoms with Gasteiger partial charge in [-0.1, -0.05) is 175 Å². The van der Waals surface area contributed by atoms with E-state index in [1.165, 1.54) is 62.6 Å². The number of aryl methyl sites for hydroxylation is 1. The summed E-state index contributed by atoms with van der Waals surface area (Å²) >= 11 is 7.20.